The third-order valence-electron chi connectivity index (χ3n) is 4.95. The molecule has 31 heavy (non-hydrogen) atoms. The Balaban J connectivity index is 0.000000177. The van der Waals surface area contributed by atoms with E-state index in [-0.39, 0.29) is 12.5 Å². The summed E-state index contributed by atoms with van der Waals surface area (Å²) in [5.41, 5.74) is 8.67. The number of likely N-dealkylation sites (N-methyl/N-ethyl adjacent to an activating group) is 1. The van der Waals surface area contributed by atoms with E-state index in [2.05, 4.69) is 15.5 Å². The molecular formula is C25H21ClN4O. The summed E-state index contributed by atoms with van der Waals surface area (Å²) in [6, 6.07) is 23.4. The highest BCUT2D eigenvalue weighted by Gasteiger charge is 2.22. The van der Waals surface area contributed by atoms with Crippen LogP contribution in [0.4, 0.5) is 11.4 Å². The van der Waals surface area contributed by atoms with Crippen LogP contribution >= 0.6 is 11.6 Å². The Morgan fingerprint density at radius 2 is 1.77 bits per heavy atom. The van der Waals surface area contributed by atoms with E-state index in [0.717, 1.165) is 28.2 Å². The van der Waals surface area contributed by atoms with Crippen LogP contribution < -0.4 is 10.3 Å². The van der Waals surface area contributed by atoms with Gasteiger partial charge in [0.1, 0.15) is 6.54 Å². The Bertz CT molecular complexity index is 1190. The smallest absolute Gasteiger partial charge is 0.248 e. The number of hydrogen-bond acceptors (Lipinski definition) is 4. The molecule has 3 aromatic carbocycles. The molecule has 0 unspecified atom stereocenters. The molecular weight excluding hydrogens is 408 g/mol. The van der Waals surface area contributed by atoms with Gasteiger partial charge in [0, 0.05) is 29.4 Å². The summed E-state index contributed by atoms with van der Waals surface area (Å²) < 4.78 is 0. The summed E-state index contributed by atoms with van der Waals surface area (Å²) in [5, 5.41) is 4.58. The number of fused-ring (bicyclic) bond motifs is 2. The van der Waals surface area contributed by atoms with E-state index in [9.17, 15) is 4.79 Å². The zero-order valence-corrected chi connectivity index (χ0v) is 17.8. The number of anilines is 2. The first-order chi connectivity index (χ1) is 15.1. The normalized spacial score (nSPS) is 14.2. The molecule has 2 heterocycles. The van der Waals surface area contributed by atoms with Crippen molar-refractivity contribution in [2.75, 3.05) is 23.9 Å². The molecule has 0 saturated carbocycles. The first-order valence-corrected chi connectivity index (χ1v) is 10.2. The van der Waals surface area contributed by atoms with Gasteiger partial charge in [0.05, 0.1) is 17.1 Å². The van der Waals surface area contributed by atoms with Crippen LogP contribution in [-0.2, 0) is 4.79 Å². The van der Waals surface area contributed by atoms with E-state index in [4.69, 9.17) is 11.6 Å². The van der Waals surface area contributed by atoms with Crippen molar-refractivity contribution in [3.63, 3.8) is 0 Å². The molecule has 3 aromatic rings. The van der Waals surface area contributed by atoms with Crippen LogP contribution in [0.15, 0.2) is 89.0 Å². The molecule has 0 bridgehead atoms. The van der Waals surface area contributed by atoms with Crippen molar-refractivity contribution in [1.82, 2.24) is 0 Å². The number of hydrazone groups is 1. The Labute approximate surface area is 186 Å². The van der Waals surface area contributed by atoms with Gasteiger partial charge in [-0.2, -0.15) is 5.10 Å². The second-order valence-electron chi connectivity index (χ2n) is 6.98. The van der Waals surface area contributed by atoms with E-state index in [1.807, 2.05) is 78.9 Å². The topological polar surface area (TPSA) is 57.1 Å². The van der Waals surface area contributed by atoms with Gasteiger partial charge < -0.3 is 4.90 Å². The van der Waals surface area contributed by atoms with Crippen LogP contribution in [0.3, 0.4) is 0 Å². The van der Waals surface area contributed by atoms with Gasteiger partial charge in [-0.15, -0.1) is 0 Å². The lowest BCUT2D eigenvalue weighted by Gasteiger charge is -2.18. The standard InChI is InChI=1S/C16H13ClN2O.C9H8N2/c1-19-14-8-7-12(17)9-13(14)16(18-10-15(19)20)11-5-3-2-4-6-11;1-2-6-9-8(4-1)5-3-7-10-11-9/h2-9H,10H2,1H3;1-7,11H. The Morgan fingerprint density at radius 1 is 1.00 bits per heavy atom. The van der Waals surface area contributed by atoms with Crippen LogP contribution in [0, 0.1) is 0 Å². The van der Waals surface area contributed by atoms with Crippen LogP contribution in [-0.4, -0.2) is 31.4 Å². The van der Waals surface area contributed by atoms with Crippen molar-refractivity contribution in [3.05, 3.63) is 101 Å². The van der Waals surface area contributed by atoms with Crippen molar-refractivity contribution in [2.45, 2.75) is 0 Å². The van der Waals surface area contributed by atoms with Crippen LogP contribution in [0.25, 0.3) is 6.08 Å². The first kappa shape index (κ1) is 20.6. The number of nitrogens with one attached hydrogen (secondary N) is 1. The fraction of sp³-hybridized carbons (Fsp3) is 0.0800. The fourth-order valence-corrected chi connectivity index (χ4v) is 3.52. The zero-order chi connectivity index (χ0) is 21.6. The number of carbonyl (C=O) groups is 1. The SMILES string of the molecule is C1=Cc2ccccc2NN=C1.CN1C(=O)CN=C(c2ccccc2)c2cc(Cl)ccc21. The maximum Gasteiger partial charge on any atom is 0.248 e. The molecule has 1 N–H and O–H groups in total. The van der Waals surface area contributed by atoms with Crippen molar-refractivity contribution >= 4 is 46.9 Å². The van der Waals surface area contributed by atoms with Crippen molar-refractivity contribution in [2.24, 2.45) is 10.1 Å². The number of para-hydroxylation sites is 1. The zero-order valence-electron chi connectivity index (χ0n) is 17.0. The van der Waals surface area contributed by atoms with E-state index >= 15 is 0 Å². The molecule has 0 atom stereocenters. The minimum atomic E-state index is -0.0282. The highest BCUT2D eigenvalue weighted by molar-refractivity contribution is 6.32. The Hall–Kier alpha value is -3.70. The highest BCUT2D eigenvalue weighted by Crippen LogP contribution is 2.28. The van der Waals surface area contributed by atoms with Crippen molar-refractivity contribution in [3.8, 4) is 0 Å². The van der Waals surface area contributed by atoms with Gasteiger partial charge in [-0.05, 0) is 35.9 Å². The molecule has 0 aliphatic carbocycles. The van der Waals surface area contributed by atoms with Gasteiger partial charge in [-0.25, -0.2) is 0 Å². The third kappa shape index (κ3) is 4.73. The molecule has 0 aromatic heterocycles. The molecule has 5 nitrogen and oxygen atoms in total. The van der Waals surface area contributed by atoms with E-state index < -0.39 is 0 Å². The van der Waals surface area contributed by atoms with Crippen LogP contribution in [0.2, 0.25) is 5.02 Å². The molecule has 0 fully saturated rings. The average Bonchev–Trinajstić information content (AvgIpc) is 3.11. The number of benzodiazepines with no additional fused rings is 1. The second-order valence-corrected chi connectivity index (χ2v) is 7.42. The Kier molecular flexibility index (Phi) is 6.24. The lowest BCUT2D eigenvalue weighted by atomic mass is 10.0. The number of halogens is 1. The minimum Gasteiger partial charge on any atom is -0.313 e. The predicted octanol–water partition coefficient (Wildman–Crippen LogP) is 5.26. The summed E-state index contributed by atoms with van der Waals surface area (Å²) in [4.78, 5) is 18.1. The largest absolute Gasteiger partial charge is 0.313 e. The summed E-state index contributed by atoms with van der Waals surface area (Å²) >= 11 is 6.11. The molecule has 154 valence electrons. The average molecular weight is 429 g/mol. The molecule has 1 amide bonds. The van der Waals surface area contributed by atoms with Crippen LogP contribution in [0.1, 0.15) is 16.7 Å². The molecule has 6 heteroatoms. The number of rotatable bonds is 1. The molecule has 0 spiro atoms. The number of amides is 1. The van der Waals surface area contributed by atoms with Gasteiger partial charge in [-0.3, -0.25) is 15.2 Å². The lowest BCUT2D eigenvalue weighted by molar-refractivity contribution is -0.116. The van der Waals surface area contributed by atoms with E-state index in [0.29, 0.717) is 5.02 Å². The number of benzene rings is 3. The summed E-state index contributed by atoms with van der Waals surface area (Å²) in [5.74, 6) is -0.0282. The monoisotopic (exact) mass is 428 g/mol. The number of nitrogens with zero attached hydrogens (tertiary/aromatic N) is 3. The van der Waals surface area contributed by atoms with Crippen LogP contribution in [0.5, 0.6) is 0 Å². The summed E-state index contributed by atoms with van der Waals surface area (Å²) in [7, 11) is 1.76. The van der Waals surface area contributed by atoms with Gasteiger partial charge >= 0.3 is 0 Å². The summed E-state index contributed by atoms with van der Waals surface area (Å²) in [6.45, 7) is 0.146. The second kappa shape index (κ2) is 9.41. The summed E-state index contributed by atoms with van der Waals surface area (Å²) in [6.07, 6.45) is 5.68. The van der Waals surface area contributed by atoms with Crippen molar-refractivity contribution < 1.29 is 4.79 Å². The Morgan fingerprint density at radius 3 is 2.61 bits per heavy atom. The van der Waals surface area contributed by atoms with Crippen molar-refractivity contribution in [1.29, 1.82) is 0 Å². The van der Waals surface area contributed by atoms with Gasteiger partial charge in [0.25, 0.3) is 0 Å². The maximum absolute atomic E-state index is 12.0. The maximum atomic E-state index is 12.0. The predicted molar refractivity (Wildman–Crippen MR) is 129 cm³/mol. The quantitative estimate of drug-likeness (QED) is 0.574. The third-order valence-corrected chi connectivity index (χ3v) is 5.19. The number of carbonyl (C=O) groups excluding carboxylic acids is 1. The number of allylic oxidation sites excluding steroid dienone is 1. The highest BCUT2D eigenvalue weighted by atomic mass is 35.5. The fourth-order valence-electron chi connectivity index (χ4n) is 3.35. The molecule has 0 saturated heterocycles. The van der Waals surface area contributed by atoms with Gasteiger partial charge in [0.15, 0.2) is 0 Å². The number of hydrogen-bond donors (Lipinski definition) is 1. The van der Waals surface area contributed by atoms with Gasteiger partial charge in [0.2, 0.25) is 5.91 Å². The minimum absolute atomic E-state index is 0.0282. The van der Waals surface area contributed by atoms with Gasteiger partial charge in [-0.1, -0.05) is 66.2 Å². The first-order valence-electron chi connectivity index (χ1n) is 9.84. The van der Waals surface area contributed by atoms with E-state index in [1.54, 1.807) is 24.2 Å². The molecule has 2 aliphatic rings. The lowest BCUT2D eigenvalue weighted by Crippen LogP contribution is -2.27. The number of aliphatic imine (C=N–C) groups is 1. The molecule has 2 aliphatic heterocycles. The van der Waals surface area contributed by atoms with E-state index in [1.165, 1.54) is 5.56 Å². The molecule has 0 radical (unpaired) electrons. The molecule has 5 rings (SSSR count).